The molecule has 1 aromatic rings. The van der Waals surface area contributed by atoms with Gasteiger partial charge in [-0.25, -0.2) is 4.79 Å². The first-order valence-corrected chi connectivity index (χ1v) is 6.05. The van der Waals surface area contributed by atoms with E-state index in [1.165, 1.54) is 30.3 Å². The van der Waals surface area contributed by atoms with E-state index >= 15 is 0 Å². The number of carbonyl (C=O) groups is 2. The maximum atomic E-state index is 12.3. The normalized spacial score (nSPS) is 16.1. The third-order valence-electron chi connectivity index (χ3n) is 2.95. The van der Waals surface area contributed by atoms with Crippen molar-refractivity contribution in [3.05, 3.63) is 29.0 Å². The first kappa shape index (κ1) is 12.8. The van der Waals surface area contributed by atoms with Crippen LogP contribution in [0, 0.1) is 0 Å². The molecule has 5 nitrogen and oxygen atoms in total. The Bertz CT molecular complexity index is 488. The summed E-state index contributed by atoms with van der Waals surface area (Å²) in [5.74, 6) is -1.36. The molecule has 1 atom stereocenters. The monoisotopic (exact) mass is 268 g/mol. The van der Waals surface area contributed by atoms with Crippen molar-refractivity contribution in [2.24, 2.45) is 0 Å². The molecule has 1 unspecified atom stereocenters. The van der Waals surface area contributed by atoms with Gasteiger partial charge in [-0.2, -0.15) is 0 Å². The lowest BCUT2D eigenvalue weighted by atomic mass is 10.2. The van der Waals surface area contributed by atoms with E-state index in [9.17, 15) is 9.59 Å². The highest BCUT2D eigenvalue weighted by atomic mass is 35.5. The van der Waals surface area contributed by atoms with Crippen molar-refractivity contribution in [2.75, 3.05) is 0 Å². The minimum Gasteiger partial charge on any atom is -0.480 e. The van der Waals surface area contributed by atoms with E-state index in [0.29, 0.717) is 5.56 Å². The van der Waals surface area contributed by atoms with Gasteiger partial charge in [0.15, 0.2) is 0 Å². The van der Waals surface area contributed by atoms with Crippen molar-refractivity contribution in [3.8, 4) is 0 Å². The summed E-state index contributed by atoms with van der Waals surface area (Å²) in [4.78, 5) is 28.6. The highest BCUT2D eigenvalue weighted by Gasteiger charge is 2.39. The molecule has 2 rings (SSSR count). The maximum Gasteiger partial charge on any atom is 0.326 e. The number of carboxylic acids is 1. The molecule has 0 aromatic carbocycles. The number of carboxylic acid groups (broad SMARTS) is 1. The fourth-order valence-electron chi connectivity index (χ4n) is 1.82. The van der Waals surface area contributed by atoms with Crippen LogP contribution < -0.4 is 0 Å². The number of amides is 1. The smallest absolute Gasteiger partial charge is 0.326 e. The molecule has 1 aliphatic rings. The largest absolute Gasteiger partial charge is 0.480 e. The van der Waals surface area contributed by atoms with Gasteiger partial charge in [0.05, 0.1) is 10.6 Å². The second-order valence-corrected chi connectivity index (χ2v) is 4.72. The van der Waals surface area contributed by atoms with Crippen LogP contribution in [0.5, 0.6) is 0 Å². The number of aliphatic carboxylic acids is 1. The molecule has 0 radical (unpaired) electrons. The lowest BCUT2D eigenvalue weighted by Gasteiger charge is -2.26. The summed E-state index contributed by atoms with van der Waals surface area (Å²) in [5, 5.41) is 9.30. The molecule has 1 amide bonds. The number of nitrogens with zero attached hydrogens (tertiary/aromatic N) is 2. The molecule has 0 aliphatic heterocycles. The molecule has 96 valence electrons. The van der Waals surface area contributed by atoms with E-state index in [-0.39, 0.29) is 17.0 Å². The zero-order valence-corrected chi connectivity index (χ0v) is 10.6. The van der Waals surface area contributed by atoms with Crippen LogP contribution in [0.2, 0.25) is 5.02 Å². The molecule has 0 saturated heterocycles. The zero-order valence-electron chi connectivity index (χ0n) is 9.84. The third kappa shape index (κ3) is 2.46. The Morgan fingerprint density at radius 1 is 1.56 bits per heavy atom. The second kappa shape index (κ2) is 4.94. The van der Waals surface area contributed by atoms with Gasteiger partial charge in [0.2, 0.25) is 0 Å². The van der Waals surface area contributed by atoms with Gasteiger partial charge in [0, 0.05) is 18.4 Å². The summed E-state index contributed by atoms with van der Waals surface area (Å²) in [7, 11) is 0. The van der Waals surface area contributed by atoms with Crippen LogP contribution in [-0.4, -0.2) is 39.0 Å². The van der Waals surface area contributed by atoms with Crippen LogP contribution >= 0.6 is 11.6 Å². The van der Waals surface area contributed by atoms with Crippen LogP contribution in [-0.2, 0) is 4.79 Å². The second-order valence-electron chi connectivity index (χ2n) is 4.31. The van der Waals surface area contributed by atoms with Crippen LogP contribution in [0.15, 0.2) is 18.5 Å². The third-order valence-corrected chi connectivity index (χ3v) is 3.25. The highest BCUT2D eigenvalue weighted by molar-refractivity contribution is 6.33. The van der Waals surface area contributed by atoms with E-state index in [0.717, 1.165) is 12.8 Å². The minimum absolute atomic E-state index is 0.00725. The standard InChI is InChI=1S/C12H13ClN2O3/c1-7(12(17)18)15(8-2-3-8)11(16)9-4-5-14-6-10(9)13/h4-8H,2-3H2,1H3,(H,17,18). The molecule has 1 heterocycles. The average Bonchev–Trinajstić information content (AvgIpc) is 3.14. The Labute approximate surface area is 109 Å². The maximum absolute atomic E-state index is 12.3. The van der Waals surface area contributed by atoms with Crippen LogP contribution in [0.4, 0.5) is 0 Å². The number of pyridine rings is 1. The van der Waals surface area contributed by atoms with E-state index in [2.05, 4.69) is 4.98 Å². The molecular formula is C12H13ClN2O3. The molecule has 1 aromatic heterocycles. The van der Waals surface area contributed by atoms with Crippen LogP contribution in [0.25, 0.3) is 0 Å². The lowest BCUT2D eigenvalue weighted by Crippen LogP contribution is -2.44. The summed E-state index contributed by atoms with van der Waals surface area (Å²) in [5.41, 5.74) is 0.298. The van der Waals surface area contributed by atoms with Crippen molar-refractivity contribution in [2.45, 2.75) is 31.8 Å². The fourth-order valence-corrected chi connectivity index (χ4v) is 2.02. The number of aromatic nitrogens is 1. The topological polar surface area (TPSA) is 70.5 Å². The van der Waals surface area contributed by atoms with Gasteiger partial charge in [-0.15, -0.1) is 0 Å². The Hall–Kier alpha value is -1.62. The molecule has 18 heavy (non-hydrogen) atoms. The van der Waals surface area contributed by atoms with Gasteiger partial charge in [0.1, 0.15) is 6.04 Å². The van der Waals surface area contributed by atoms with E-state index in [4.69, 9.17) is 16.7 Å². The van der Waals surface area contributed by atoms with Gasteiger partial charge < -0.3 is 10.0 Å². The predicted molar refractivity (Wildman–Crippen MR) is 65.5 cm³/mol. The molecule has 1 aliphatic carbocycles. The Morgan fingerprint density at radius 2 is 2.22 bits per heavy atom. The Balaban J connectivity index is 2.29. The van der Waals surface area contributed by atoms with E-state index in [1.807, 2.05) is 0 Å². The number of halogens is 1. The summed E-state index contributed by atoms with van der Waals surface area (Å²) in [6.45, 7) is 1.51. The number of carbonyl (C=O) groups excluding carboxylic acids is 1. The van der Waals surface area contributed by atoms with Gasteiger partial charge in [-0.05, 0) is 25.8 Å². The summed E-state index contributed by atoms with van der Waals surface area (Å²) in [6, 6.07) is 0.663. The molecule has 1 N–H and O–H groups in total. The van der Waals surface area contributed by atoms with Gasteiger partial charge in [0.25, 0.3) is 5.91 Å². The summed E-state index contributed by atoms with van der Waals surface area (Å²) in [6.07, 6.45) is 4.53. The summed E-state index contributed by atoms with van der Waals surface area (Å²) >= 11 is 5.92. The molecule has 0 bridgehead atoms. The number of hydrogen-bond acceptors (Lipinski definition) is 3. The Kier molecular flexibility index (Phi) is 3.52. The average molecular weight is 269 g/mol. The molecule has 6 heteroatoms. The van der Waals surface area contributed by atoms with Gasteiger partial charge in [-0.3, -0.25) is 9.78 Å². The van der Waals surface area contributed by atoms with E-state index < -0.39 is 12.0 Å². The molecular weight excluding hydrogens is 256 g/mol. The predicted octanol–water partition coefficient (Wildman–Crippen LogP) is 1.81. The Morgan fingerprint density at radius 3 is 2.72 bits per heavy atom. The van der Waals surface area contributed by atoms with Crippen molar-refractivity contribution in [1.82, 2.24) is 9.88 Å². The molecule has 1 fully saturated rings. The fraction of sp³-hybridized carbons (Fsp3) is 0.417. The highest BCUT2D eigenvalue weighted by Crippen LogP contribution is 2.31. The lowest BCUT2D eigenvalue weighted by molar-refractivity contribution is -0.141. The van der Waals surface area contributed by atoms with Crippen molar-refractivity contribution >= 4 is 23.5 Å². The first-order valence-electron chi connectivity index (χ1n) is 5.67. The quantitative estimate of drug-likeness (QED) is 0.904. The number of hydrogen-bond donors (Lipinski definition) is 1. The SMILES string of the molecule is CC(C(=O)O)N(C(=O)c1ccncc1Cl)C1CC1. The van der Waals surface area contributed by atoms with Crippen molar-refractivity contribution < 1.29 is 14.7 Å². The van der Waals surface area contributed by atoms with Crippen LogP contribution in [0.3, 0.4) is 0 Å². The van der Waals surface area contributed by atoms with Crippen LogP contribution in [0.1, 0.15) is 30.1 Å². The first-order chi connectivity index (χ1) is 8.52. The van der Waals surface area contributed by atoms with Crippen molar-refractivity contribution in [1.29, 1.82) is 0 Å². The van der Waals surface area contributed by atoms with Gasteiger partial charge >= 0.3 is 5.97 Å². The molecule has 0 spiro atoms. The van der Waals surface area contributed by atoms with Gasteiger partial charge in [-0.1, -0.05) is 11.6 Å². The van der Waals surface area contributed by atoms with Crippen molar-refractivity contribution in [3.63, 3.8) is 0 Å². The number of rotatable bonds is 4. The molecule has 1 saturated carbocycles. The zero-order chi connectivity index (χ0) is 13.3. The minimum atomic E-state index is -1.01. The van der Waals surface area contributed by atoms with E-state index in [1.54, 1.807) is 0 Å². The summed E-state index contributed by atoms with van der Waals surface area (Å²) < 4.78 is 0.